The van der Waals surface area contributed by atoms with Crippen LogP contribution in [0, 0.1) is 10.1 Å². The predicted octanol–water partition coefficient (Wildman–Crippen LogP) is 2.96. The summed E-state index contributed by atoms with van der Waals surface area (Å²) in [6.07, 6.45) is 0. The Morgan fingerprint density at radius 2 is 2.12 bits per heavy atom. The number of carbonyl (C=O) groups is 2. The van der Waals surface area contributed by atoms with Crippen LogP contribution in [-0.4, -0.2) is 47.2 Å². The van der Waals surface area contributed by atoms with Crippen LogP contribution < -0.4 is 4.74 Å². The van der Waals surface area contributed by atoms with Crippen molar-refractivity contribution in [2.45, 2.75) is 6.92 Å². The van der Waals surface area contributed by atoms with E-state index >= 15 is 0 Å². The monoisotopic (exact) mass is 420 g/mol. The molecule has 1 fully saturated rings. The fraction of sp³-hybridized carbons (Fsp3) is 0.333. The summed E-state index contributed by atoms with van der Waals surface area (Å²) in [5.41, 5.74) is -0.757. The van der Waals surface area contributed by atoms with E-state index in [-0.39, 0.29) is 29.0 Å². The van der Waals surface area contributed by atoms with Crippen molar-refractivity contribution in [1.29, 1.82) is 0 Å². The zero-order valence-corrected chi connectivity index (χ0v) is 15.9. The summed E-state index contributed by atoms with van der Waals surface area (Å²) in [5.74, 6) is -0.956. The molecule has 1 aromatic rings. The lowest BCUT2D eigenvalue weighted by molar-refractivity contribution is -0.422. The van der Waals surface area contributed by atoms with Gasteiger partial charge in [-0.05, 0) is 25.1 Å². The molecule has 0 N–H and O–H groups in total. The minimum Gasteiger partial charge on any atom is -0.482 e. The van der Waals surface area contributed by atoms with Gasteiger partial charge in [0.2, 0.25) is 0 Å². The Hall–Kier alpha value is -1.97. The van der Waals surface area contributed by atoms with Crippen LogP contribution in [0.2, 0.25) is 10.0 Å². The molecule has 0 saturated carbocycles. The van der Waals surface area contributed by atoms with Crippen molar-refractivity contribution < 1.29 is 24.0 Å². The molecule has 0 atom stereocenters. The molecular formula is C15H14Cl2N2O6S. The summed E-state index contributed by atoms with van der Waals surface area (Å²) < 4.78 is 10.1. The lowest BCUT2D eigenvalue weighted by atomic mass is 10.3. The second kappa shape index (κ2) is 9.11. The zero-order valence-electron chi connectivity index (χ0n) is 13.6. The molecule has 1 amide bonds. The first-order chi connectivity index (χ1) is 12.3. The molecular weight excluding hydrogens is 407 g/mol. The summed E-state index contributed by atoms with van der Waals surface area (Å²) in [6, 6.07) is 4.52. The van der Waals surface area contributed by atoms with Gasteiger partial charge < -0.3 is 9.47 Å². The van der Waals surface area contributed by atoms with Crippen molar-refractivity contribution in [3.05, 3.63) is 49.1 Å². The molecule has 2 rings (SSSR count). The fourth-order valence-electron chi connectivity index (χ4n) is 2.10. The van der Waals surface area contributed by atoms with E-state index in [9.17, 15) is 19.7 Å². The van der Waals surface area contributed by atoms with E-state index in [0.29, 0.717) is 10.8 Å². The van der Waals surface area contributed by atoms with Crippen LogP contribution in [0.1, 0.15) is 6.92 Å². The largest absolute Gasteiger partial charge is 0.482 e. The average molecular weight is 421 g/mol. The van der Waals surface area contributed by atoms with E-state index in [4.69, 9.17) is 32.7 Å². The lowest BCUT2D eigenvalue weighted by Crippen LogP contribution is -2.33. The maximum Gasteiger partial charge on any atom is 0.412 e. The maximum atomic E-state index is 12.4. The Labute approximate surface area is 163 Å². The fourth-order valence-corrected chi connectivity index (χ4v) is 3.67. The molecule has 1 aromatic carbocycles. The van der Waals surface area contributed by atoms with Gasteiger partial charge in [0.05, 0.1) is 16.6 Å². The second-order valence-electron chi connectivity index (χ2n) is 4.89. The molecule has 8 nitrogen and oxygen atoms in total. The highest BCUT2D eigenvalue weighted by molar-refractivity contribution is 8.03. The van der Waals surface area contributed by atoms with E-state index in [0.717, 1.165) is 16.7 Å². The zero-order chi connectivity index (χ0) is 19.3. The van der Waals surface area contributed by atoms with Crippen LogP contribution in [0.5, 0.6) is 5.75 Å². The van der Waals surface area contributed by atoms with E-state index < -0.39 is 29.1 Å². The third kappa shape index (κ3) is 4.80. The van der Waals surface area contributed by atoms with Gasteiger partial charge in [0.1, 0.15) is 5.75 Å². The van der Waals surface area contributed by atoms with Gasteiger partial charge in [-0.25, -0.2) is 4.79 Å². The number of nitrogens with zero attached hydrogens (tertiary/aromatic N) is 2. The summed E-state index contributed by atoms with van der Waals surface area (Å²) in [6.45, 7) is 1.33. The molecule has 0 aromatic heterocycles. The van der Waals surface area contributed by atoms with Crippen molar-refractivity contribution in [1.82, 2.24) is 4.90 Å². The number of hydrogen-bond donors (Lipinski definition) is 0. The van der Waals surface area contributed by atoms with Gasteiger partial charge in [-0.15, -0.1) is 0 Å². The van der Waals surface area contributed by atoms with Crippen LogP contribution in [0.25, 0.3) is 0 Å². The summed E-state index contributed by atoms with van der Waals surface area (Å²) in [5, 5.41) is 11.9. The first-order valence-electron chi connectivity index (χ1n) is 7.42. The third-order valence-corrected chi connectivity index (χ3v) is 4.80. The molecule has 1 aliphatic rings. The smallest absolute Gasteiger partial charge is 0.412 e. The summed E-state index contributed by atoms with van der Waals surface area (Å²) >= 11 is 12.8. The molecule has 1 heterocycles. The second-order valence-corrected chi connectivity index (χ2v) is 6.82. The summed E-state index contributed by atoms with van der Waals surface area (Å²) in [4.78, 5) is 35.8. The van der Waals surface area contributed by atoms with Gasteiger partial charge in [0.25, 0.3) is 5.91 Å². The number of hydrogen-bond acceptors (Lipinski definition) is 7. The SMILES string of the molecule is CCOC(=O)C(=C1SCCN1C(=O)COc1ccc(Cl)cc1Cl)[N+](=O)[O-]. The highest BCUT2D eigenvalue weighted by atomic mass is 35.5. The average Bonchev–Trinajstić information content (AvgIpc) is 3.03. The number of benzene rings is 1. The maximum absolute atomic E-state index is 12.4. The molecule has 0 bridgehead atoms. The molecule has 1 saturated heterocycles. The first-order valence-corrected chi connectivity index (χ1v) is 9.16. The Bertz CT molecular complexity index is 771. The van der Waals surface area contributed by atoms with Crippen molar-refractivity contribution in [2.24, 2.45) is 0 Å². The van der Waals surface area contributed by atoms with E-state index in [1.807, 2.05) is 0 Å². The normalized spacial score (nSPS) is 15.6. The van der Waals surface area contributed by atoms with E-state index in [1.54, 1.807) is 6.07 Å². The van der Waals surface area contributed by atoms with Crippen LogP contribution in [0.15, 0.2) is 28.9 Å². The predicted molar refractivity (Wildman–Crippen MR) is 96.8 cm³/mol. The van der Waals surface area contributed by atoms with Gasteiger partial charge in [0.15, 0.2) is 11.6 Å². The number of rotatable bonds is 6. The van der Waals surface area contributed by atoms with Crippen LogP contribution in [0.4, 0.5) is 0 Å². The van der Waals surface area contributed by atoms with Crippen molar-refractivity contribution in [3.8, 4) is 5.75 Å². The number of esters is 1. The van der Waals surface area contributed by atoms with Crippen molar-refractivity contribution >= 4 is 46.8 Å². The summed E-state index contributed by atoms with van der Waals surface area (Å²) in [7, 11) is 0. The van der Waals surface area contributed by atoms with Gasteiger partial charge >= 0.3 is 11.7 Å². The molecule has 0 unspecified atom stereocenters. The van der Waals surface area contributed by atoms with E-state index in [2.05, 4.69) is 0 Å². The number of amides is 1. The highest BCUT2D eigenvalue weighted by Crippen LogP contribution is 2.32. The quantitative estimate of drug-likeness (QED) is 0.301. The van der Waals surface area contributed by atoms with Gasteiger partial charge in [-0.1, -0.05) is 35.0 Å². The number of halogens is 2. The molecule has 140 valence electrons. The van der Waals surface area contributed by atoms with Gasteiger partial charge in [0, 0.05) is 17.3 Å². The van der Waals surface area contributed by atoms with Crippen LogP contribution in [0.3, 0.4) is 0 Å². The lowest BCUT2D eigenvalue weighted by Gasteiger charge is -2.17. The Kier molecular flexibility index (Phi) is 7.13. The molecule has 11 heteroatoms. The van der Waals surface area contributed by atoms with Crippen LogP contribution in [-0.2, 0) is 14.3 Å². The Morgan fingerprint density at radius 1 is 1.38 bits per heavy atom. The highest BCUT2D eigenvalue weighted by Gasteiger charge is 2.38. The first kappa shape index (κ1) is 20.3. The standard InChI is InChI=1S/C15H14Cl2N2O6S/c1-2-24-15(21)13(19(22)23)14-18(5-6-26-14)12(20)8-25-11-4-3-9(16)7-10(11)17/h3-4,7H,2,5-6,8H2,1H3. The van der Waals surface area contributed by atoms with Gasteiger partial charge in [-0.3, -0.25) is 19.8 Å². The molecule has 0 radical (unpaired) electrons. The van der Waals surface area contributed by atoms with Crippen molar-refractivity contribution in [3.63, 3.8) is 0 Å². The third-order valence-electron chi connectivity index (χ3n) is 3.20. The minimum atomic E-state index is -1.08. The molecule has 26 heavy (non-hydrogen) atoms. The Morgan fingerprint density at radius 3 is 2.73 bits per heavy atom. The topological polar surface area (TPSA) is 99.0 Å². The van der Waals surface area contributed by atoms with Gasteiger partial charge in [-0.2, -0.15) is 0 Å². The number of carbonyl (C=O) groups excluding carboxylic acids is 2. The minimum absolute atomic E-state index is 0.0136. The van der Waals surface area contributed by atoms with Crippen LogP contribution >= 0.6 is 35.0 Å². The molecule has 0 spiro atoms. The molecule has 0 aliphatic carbocycles. The number of thioether (sulfide) groups is 1. The Balaban J connectivity index is 2.17. The van der Waals surface area contributed by atoms with E-state index in [1.165, 1.54) is 19.1 Å². The van der Waals surface area contributed by atoms with Crippen molar-refractivity contribution in [2.75, 3.05) is 25.5 Å². The molecule has 1 aliphatic heterocycles. The number of nitro groups is 1. The number of ether oxygens (including phenoxy) is 2.